The molecule has 0 radical (unpaired) electrons. The van der Waals surface area contributed by atoms with Crippen molar-refractivity contribution in [2.45, 2.75) is 27.2 Å². The van der Waals surface area contributed by atoms with Crippen molar-refractivity contribution in [1.82, 2.24) is 4.90 Å². The van der Waals surface area contributed by atoms with Crippen LogP contribution < -0.4 is 11.5 Å². The molecule has 0 saturated carbocycles. The first-order valence-electron chi connectivity index (χ1n) is 5.12. The van der Waals surface area contributed by atoms with Gasteiger partial charge in [0.15, 0.2) is 0 Å². The second kappa shape index (κ2) is 6.35. The normalized spacial score (nSPS) is 12.5. The molecule has 0 aliphatic carbocycles. The fourth-order valence-electron chi connectivity index (χ4n) is 1.19. The molecule has 0 saturated heterocycles. The van der Waals surface area contributed by atoms with E-state index in [1.165, 1.54) is 6.42 Å². The smallest absolute Gasteiger partial charge is 0.0105 e. The van der Waals surface area contributed by atoms with Gasteiger partial charge in [-0.3, -0.25) is 0 Å². The van der Waals surface area contributed by atoms with Crippen molar-refractivity contribution in [2.24, 2.45) is 16.9 Å². The van der Waals surface area contributed by atoms with Crippen molar-refractivity contribution in [2.75, 3.05) is 32.7 Å². The number of nitrogens with zero attached hydrogens (tertiary/aromatic N) is 1. The van der Waals surface area contributed by atoms with E-state index in [4.69, 9.17) is 11.5 Å². The first kappa shape index (κ1) is 12.9. The van der Waals surface area contributed by atoms with E-state index in [9.17, 15) is 0 Å². The van der Waals surface area contributed by atoms with Crippen LogP contribution in [0, 0.1) is 5.41 Å². The third-order valence-corrected chi connectivity index (χ3v) is 2.07. The van der Waals surface area contributed by atoms with Crippen LogP contribution in [0.5, 0.6) is 0 Å². The van der Waals surface area contributed by atoms with Crippen molar-refractivity contribution in [3.05, 3.63) is 0 Å². The van der Waals surface area contributed by atoms with Gasteiger partial charge in [0.2, 0.25) is 0 Å². The lowest BCUT2D eigenvalue weighted by Gasteiger charge is -2.25. The van der Waals surface area contributed by atoms with Crippen LogP contribution in [0.3, 0.4) is 0 Å². The van der Waals surface area contributed by atoms with E-state index in [1.54, 1.807) is 0 Å². The van der Waals surface area contributed by atoms with E-state index < -0.39 is 0 Å². The minimum Gasteiger partial charge on any atom is -0.329 e. The molecule has 13 heavy (non-hydrogen) atoms. The maximum Gasteiger partial charge on any atom is 0.0105 e. The van der Waals surface area contributed by atoms with E-state index in [1.807, 2.05) is 0 Å². The molecule has 0 bridgehead atoms. The van der Waals surface area contributed by atoms with Crippen molar-refractivity contribution >= 4 is 0 Å². The van der Waals surface area contributed by atoms with E-state index >= 15 is 0 Å². The van der Waals surface area contributed by atoms with Crippen LogP contribution in [-0.2, 0) is 0 Å². The van der Waals surface area contributed by atoms with Gasteiger partial charge in [0, 0.05) is 26.2 Å². The largest absolute Gasteiger partial charge is 0.329 e. The monoisotopic (exact) mass is 187 g/mol. The van der Waals surface area contributed by atoms with Gasteiger partial charge >= 0.3 is 0 Å². The van der Waals surface area contributed by atoms with Gasteiger partial charge < -0.3 is 16.4 Å². The second-order valence-corrected chi connectivity index (χ2v) is 4.73. The highest BCUT2D eigenvalue weighted by molar-refractivity contribution is 4.66. The summed E-state index contributed by atoms with van der Waals surface area (Å²) in [4.78, 5) is 2.34. The van der Waals surface area contributed by atoms with Crippen LogP contribution in [0.4, 0.5) is 0 Å². The molecule has 0 amide bonds. The Kier molecular flexibility index (Phi) is 6.29. The summed E-state index contributed by atoms with van der Waals surface area (Å²) in [7, 11) is 0. The summed E-state index contributed by atoms with van der Waals surface area (Å²) in [6.45, 7) is 11.3. The molecule has 0 atom stereocenters. The van der Waals surface area contributed by atoms with Crippen molar-refractivity contribution < 1.29 is 0 Å². The Labute approximate surface area is 82.5 Å². The van der Waals surface area contributed by atoms with Gasteiger partial charge in [-0.2, -0.15) is 0 Å². The van der Waals surface area contributed by atoms with E-state index in [0.29, 0.717) is 5.41 Å². The summed E-state index contributed by atoms with van der Waals surface area (Å²) in [5.41, 5.74) is 11.4. The summed E-state index contributed by atoms with van der Waals surface area (Å²) in [5, 5.41) is 0. The average molecular weight is 187 g/mol. The molecule has 80 valence electrons. The summed E-state index contributed by atoms with van der Waals surface area (Å²) >= 11 is 0. The summed E-state index contributed by atoms with van der Waals surface area (Å²) < 4.78 is 0. The number of hydrogen-bond donors (Lipinski definition) is 2. The van der Waals surface area contributed by atoms with Gasteiger partial charge in [-0.25, -0.2) is 0 Å². The average Bonchev–Trinajstić information content (AvgIpc) is 2.00. The van der Waals surface area contributed by atoms with Gasteiger partial charge in [0.1, 0.15) is 0 Å². The molecule has 3 nitrogen and oxygen atoms in total. The predicted molar refractivity (Wildman–Crippen MR) is 58.6 cm³/mol. The molecule has 0 aromatic rings. The van der Waals surface area contributed by atoms with E-state index in [0.717, 1.165) is 32.7 Å². The van der Waals surface area contributed by atoms with Gasteiger partial charge in [-0.1, -0.05) is 20.8 Å². The zero-order chi connectivity index (χ0) is 10.3. The third-order valence-electron chi connectivity index (χ3n) is 2.07. The van der Waals surface area contributed by atoms with Gasteiger partial charge in [0.25, 0.3) is 0 Å². The Morgan fingerprint density at radius 2 is 1.38 bits per heavy atom. The Hall–Kier alpha value is -0.120. The summed E-state index contributed by atoms with van der Waals surface area (Å²) in [6.07, 6.45) is 1.20. The minimum atomic E-state index is 0.404. The molecule has 0 aromatic carbocycles. The highest BCUT2D eigenvalue weighted by atomic mass is 15.1. The molecule has 0 aliphatic heterocycles. The van der Waals surface area contributed by atoms with Crippen LogP contribution in [0.2, 0.25) is 0 Å². The second-order valence-electron chi connectivity index (χ2n) is 4.73. The lowest BCUT2D eigenvalue weighted by molar-refractivity contribution is 0.237. The molecule has 4 N–H and O–H groups in total. The Morgan fingerprint density at radius 3 is 1.69 bits per heavy atom. The van der Waals surface area contributed by atoms with Crippen LogP contribution >= 0.6 is 0 Å². The quantitative estimate of drug-likeness (QED) is 0.641. The van der Waals surface area contributed by atoms with Crippen molar-refractivity contribution in [1.29, 1.82) is 0 Å². The first-order valence-corrected chi connectivity index (χ1v) is 5.12. The van der Waals surface area contributed by atoms with Crippen LogP contribution in [0.1, 0.15) is 27.2 Å². The standard InChI is InChI=1S/C10H25N3/c1-10(2,3)4-7-13(8-5-11)9-6-12/h4-9,11-12H2,1-3H3. The molecule has 0 unspecified atom stereocenters. The molecule has 0 fully saturated rings. The van der Waals surface area contributed by atoms with Crippen LogP contribution in [0.15, 0.2) is 0 Å². The minimum absolute atomic E-state index is 0.404. The molecule has 0 aromatic heterocycles. The Bertz CT molecular complexity index is 112. The zero-order valence-corrected chi connectivity index (χ0v) is 9.34. The number of nitrogens with two attached hydrogens (primary N) is 2. The zero-order valence-electron chi connectivity index (χ0n) is 9.34. The maximum atomic E-state index is 5.52. The molecule has 0 spiro atoms. The lowest BCUT2D eigenvalue weighted by Crippen LogP contribution is -2.35. The number of hydrogen-bond acceptors (Lipinski definition) is 3. The topological polar surface area (TPSA) is 55.3 Å². The Balaban J connectivity index is 3.68. The molecule has 0 heterocycles. The van der Waals surface area contributed by atoms with Gasteiger partial charge in [0.05, 0.1) is 0 Å². The van der Waals surface area contributed by atoms with E-state index in [2.05, 4.69) is 25.7 Å². The summed E-state index contributed by atoms with van der Waals surface area (Å²) in [6, 6.07) is 0. The lowest BCUT2D eigenvalue weighted by atomic mass is 9.92. The summed E-state index contributed by atoms with van der Waals surface area (Å²) in [5.74, 6) is 0. The Morgan fingerprint density at radius 1 is 0.923 bits per heavy atom. The highest BCUT2D eigenvalue weighted by Gasteiger charge is 2.12. The fourth-order valence-corrected chi connectivity index (χ4v) is 1.19. The SMILES string of the molecule is CC(C)(C)CCN(CCN)CCN. The molecular weight excluding hydrogens is 162 g/mol. The van der Waals surface area contributed by atoms with Gasteiger partial charge in [-0.05, 0) is 18.4 Å². The third kappa shape index (κ3) is 8.22. The highest BCUT2D eigenvalue weighted by Crippen LogP contribution is 2.18. The fraction of sp³-hybridized carbons (Fsp3) is 1.00. The van der Waals surface area contributed by atoms with Crippen LogP contribution in [0.25, 0.3) is 0 Å². The maximum absolute atomic E-state index is 5.52. The molecule has 3 heteroatoms. The molecule has 0 aliphatic rings. The van der Waals surface area contributed by atoms with Gasteiger partial charge in [-0.15, -0.1) is 0 Å². The van der Waals surface area contributed by atoms with Crippen molar-refractivity contribution in [3.8, 4) is 0 Å². The predicted octanol–water partition coefficient (Wildman–Crippen LogP) is 0.642. The molecule has 0 rings (SSSR count). The number of rotatable bonds is 6. The van der Waals surface area contributed by atoms with Crippen molar-refractivity contribution in [3.63, 3.8) is 0 Å². The van der Waals surface area contributed by atoms with Crippen LogP contribution in [-0.4, -0.2) is 37.6 Å². The molecular formula is C10H25N3. The first-order chi connectivity index (χ1) is 5.99. The van der Waals surface area contributed by atoms with E-state index in [-0.39, 0.29) is 0 Å².